The molecule has 20 heavy (non-hydrogen) atoms. The number of aryl methyl sites for hydroxylation is 1. The predicted molar refractivity (Wildman–Crippen MR) is 75.4 cm³/mol. The molecule has 1 aromatic carbocycles. The van der Waals surface area contributed by atoms with Gasteiger partial charge in [0.15, 0.2) is 5.82 Å². The van der Waals surface area contributed by atoms with Crippen LogP contribution in [0.3, 0.4) is 0 Å². The molecule has 0 saturated heterocycles. The van der Waals surface area contributed by atoms with Crippen LogP contribution >= 0.6 is 0 Å². The topological polar surface area (TPSA) is 57.0 Å². The summed E-state index contributed by atoms with van der Waals surface area (Å²) >= 11 is 0. The van der Waals surface area contributed by atoms with Gasteiger partial charge in [0.1, 0.15) is 11.7 Å². The zero-order valence-electron chi connectivity index (χ0n) is 12.0. The van der Waals surface area contributed by atoms with Crippen LogP contribution in [0.25, 0.3) is 0 Å². The lowest BCUT2D eigenvalue weighted by Crippen LogP contribution is -2.21. The van der Waals surface area contributed by atoms with Crippen molar-refractivity contribution in [2.45, 2.75) is 33.2 Å². The highest BCUT2D eigenvalue weighted by Crippen LogP contribution is 2.25. The van der Waals surface area contributed by atoms with E-state index < -0.39 is 5.92 Å². The SMILES string of the molecule is CCOC(=O)C(c1ccccc1)c1nnc(C)n1CC. The standard InChI is InChI=1S/C15H19N3O2/c1-4-18-11(3)16-17-14(18)13(15(19)20-5-2)12-9-7-6-8-10-12/h6-10,13H,4-5H2,1-3H3. The van der Waals surface area contributed by atoms with Crippen molar-refractivity contribution in [3.8, 4) is 0 Å². The second-order valence-corrected chi connectivity index (χ2v) is 4.45. The van der Waals surface area contributed by atoms with E-state index in [1.54, 1.807) is 6.92 Å². The molecule has 0 fully saturated rings. The van der Waals surface area contributed by atoms with Gasteiger partial charge in [-0.25, -0.2) is 0 Å². The molecule has 1 heterocycles. The van der Waals surface area contributed by atoms with Crippen molar-refractivity contribution in [1.82, 2.24) is 14.8 Å². The van der Waals surface area contributed by atoms with Crippen molar-refractivity contribution in [2.75, 3.05) is 6.61 Å². The lowest BCUT2D eigenvalue weighted by atomic mass is 9.98. The Labute approximate surface area is 118 Å². The molecule has 5 nitrogen and oxygen atoms in total. The maximum absolute atomic E-state index is 12.3. The van der Waals surface area contributed by atoms with E-state index in [0.29, 0.717) is 12.4 Å². The minimum Gasteiger partial charge on any atom is -0.465 e. The van der Waals surface area contributed by atoms with Crippen molar-refractivity contribution in [3.05, 3.63) is 47.5 Å². The molecule has 0 spiro atoms. The molecule has 0 saturated carbocycles. The van der Waals surface area contributed by atoms with Crippen molar-refractivity contribution < 1.29 is 9.53 Å². The van der Waals surface area contributed by atoms with Crippen molar-refractivity contribution in [2.24, 2.45) is 0 Å². The Kier molecular flexibility index (Phi) is 4.50. The van der Waals surface area contributed by atoms with Crippen LogP contribution in [0, 0.1) is 6.92 Å². The number of esters is 1. The van der Waals surface area contributed by atoms with Crippen molar-refractivity contribution in [3.63, 3.8) is 0 Å². The lowest BCUT2D eigenvalue weighted by Gasteiger charge is -2.16. The highest BCUT2D eigenvalue weighted by atomic mass is 16.5. The van der Waals surface area contributed by atoms with Gasteiger partial charge in [0.05, 0.1) is 6.61 Å². The number of aromatic nitrogens is 3. The summed E-state index contributed by atoms with van der Waals surface area (Å²) in [7, 11) is 0. The molecule has 0 aliphatic rings. The number of rotatable bonds is 5. The van der Waals surface area contributed by atoms with Gasteiger partial charge in [-0.3, -0.25) is 4.79 Å². The molecule has 1 unspecified atom stereocenters. The summed E-state index contributed by atoms with van der Waals surface area (Å²) in [4.78, 5) is 12.3. The van der Waals surface area contributed by atoms with E-state index in [1.807, 2.05) is 48.7 Å². The minimum atomic E-state index is -0.530. The zero-order valence-corrected chi connectivity index (χ0v) is 12.0. The smallest absolute Gasteiger partial charge is 0.321 e. The first-order valence-electron chi connectivity index (χ1n) is 6.80. The second-order valence-electron chi connectivity index (χ2n) is 4.45. The molecule has 106 valence electrons. The van der Waals surface area contributed by atoms with Crippen LogP contribution in [-0.4, -0.2) is 27.3 Å². The summed E-state index contributed by atoms with van der Waals surface area (Å²) < 4.78 is 7.14. The molecular formula is C15H19N3O2. The number of ether oxygens (including phenoxy) is 1. The van der Waals surface area contributed by atoms with Gasteiger partial charge >= 0.3 is 5.97 Å². The van der Waals surface area contributed by atoms with Crippen LogP contribution < -0.4 is 0 Å². The Hall–Kier alpha value is -2.17. The summed E-state index contributed by atoms with van der Waals surface area (Å²) in [6.45, 7) is 6.76. The summed E-state index contributed by atoms with van der Waals surface area (Å²) in [6.07, 6.45) is 0. The molecule has 0 aliphatic heterocycles. The number of hydrogen-bond donors (Lipinski definition) is 0. The zero-order chi connectivity index (χ0) is 14.5. The normalized spacial score (nSPS) is 12.2. The Morgan fingerprint density at radius 1 is 1.25 bits per heavy atom. The number of carbonyl (C=O) groups is 1. The predicted octanol–water partition coefficient (Wildman–Crippen LogP) is 2.30. The lowest BCUT2D eigenvalue weighted by molar-refractivity contribution is -0.144. The van der Waals surface area contributed by atoms with Gasteiger partial charge in [-0.1, -0.05) is 30.3 Å². The maximum atomic E-state index is 12.3. The number of benzene rings is 1. The fourth-order valence-electron chi connectivity index (χ4n) is 2.26. The van der Waals surface area contributed by atoms with Crippen LogP contribution in [0.1, 0.15) is 37.0 Å². The van der Waals surface area contributed by atoms with Gasteiger partial charge in [-0.2, -0.15) is 0 Å². The molecule has 0 bridgehead atoms. The monoisotopic (exact) mass is 273 g/mol. The highest BCUT2D eigenvalue weighted by molar-refractivity contribution is 5.81. The Balaban J connectivity index is 2.49. The fraction of sp³-hybridized carbons (Fsp3) is 0.400. The van der Waals surface area contributed by atoms with E-state index in [-0.39, 0.29) is 5.97 Å². The van der Waals surface area contributed by atoms with E-state index in [1.165, 1.54) is 0 Å². The third kappa shape index (κ3) is 2.71. The van der Waals surface area contributed by atoms with E-state index in [0.717, 1.165) is 17.9 Å². The van der Waals surface area contributed by atoms with Crippen LogP contribution in [0.5, 0.6) is 0 Å². The van der Waals surface area contributed by atoms with E-state index in [9.17, 15) is 4.79 Å². The first-order valence-corrected chi connectivity index (χ1v) is 6.80. The van der Waals surface area contributed by atoms with Gasteiger partial charge in [-0.15, -0.1) is 10.2 Å². The van der Waals surface area contributed by atoms with Crippen LogP contribution in [0.4, 0.5) is 0 Å². The number of hydrogen-bond acceptors (Lipinski definition) is 4. The molecule has 0 amide bonds. The molecular weight excluding hydrogens is 254 g/mol. The van der Waals surface area contributed by atoms with Crippen LogP contribution in [-0.2, 0) is 16.1 Å². The molecule has 1 aromatic heterocycles. The summed E-state index contributed by atoms with van der Waals surface area (Å²) in [5.74, 6) is 0.612. The van der Waals surface area contributed by atoms with Gasteiger partial charge < -0.3 is 9.30 Å². The number of carbonyl (C=O) groups excluding carboxylic acids is 1. The fourth-order valence-corrected chi connectivity index (χ4v) is 2.26. The first-order chi connectivity index (χ1) is 9.69. The Morgan fingerprint density at radius 3 is 2.55 bits per heavy atom. The van der Waals surface area contributed by atoms with Crippen LogP contribution in [0.2, 0.25) is 0 Å². The second kappa shape index (κ2) is 6.32. The van der Waals surface area contributed by atoms with Crippen molar-refractivity contribution >= 4 is 5.97 Å². The third-order valence-corrected chi connectivity index (χ3v) is 3.19. The molecule has 0 aliphatic carbocycles. The van der Waals surface area contributed by atoms with E-state index in [4.69, 9.17) is 4.74 Å². The summed E-state index contributed by atoms with van der Waals surface area (Å²) in [5, 5.41) is 8.26. The average Bonchev–Trinajstić information content (AvgIpc) is 2.81. The molecule has 0 radical (unpaired) electrons. The molecule has 1 atom stereocenters. The average molecular weight is 273 g/mol. The van der Waals surface area contributed by atoms with Gasteiger partial charge in [0, 0.05) is 6.54 Å². The minimum absolute atomic E-state index is 0.291. The van der Waals surface area contributed by atoms with Gasteiger partial charge in [-0.05, 0) is 26.3 Å². The molecule has 2 rings (SSSR count). The Bertz CT molecular complexity index is 578. The van der Waals surface area contributed by atoms with Gasteiger partial charge in [0.25, 0.3) is 0 Å². The van der Waals surface area contributed by atoms with Gasteiger partial charge in [0.2, 0.25) is 0 Å². The van der Waals surface area contributed by atoms with E-state index >= 15 is 0 Å². The molecule has 2 aromatic rings. The van der Waals surface area contributed by atoms with Crippen molar-refractivity contribution in [1.29, 1.82) is 0 Å². The Morgan fingerprint density at radius 2 is 1.95 bits per heavy atom. The van der Waals surface area contributed by atoms with Crippen LogP contribution in [0.15, 0.2) is 30.3 Å². The summed E-state index contributed by atoms with van der Waals surface area (Å²) in [5.41, 5.74) is 0.869. The highest BCUT2D eigenvalue weighted by Gasteiger charge is 2.29. The quantitative estimate of drug-likeness (QED) is 0.784. The third-order valence-electron chi connectivity index (χ3n) is 3.19. The largest absolute Gasteiger partial charge is 0.465 e. The van der Waals surface area contributed by atoms with E-state index in [2.05, 4.69) is 10.2 Å². The molecule has 5 heteroatoms. The summed E-state index contributed by atoms with van der Waals surface area (Å²) in [6, 6.07) is 9.54. The number of nitrogens with zero attached hydrogens (tertiary/aromatic N) is 3. The molecule has 0 N–H and O–H groups in total. The first kappa shape index (κ1) is 14.2. The maximum Gasteiger partial charge on any atom is 0.321 e.